The van der Waals surface area contributed by atoms with Gasteiger partial charge >= 0.3 is 0 Å². The van der Waals surface area contributed by atoms with Crippen molar-refractivity contribution in [2.45, 2.75) is 17.9 Å². The molecule has 0 bridgehead atoms. The largest absolute Gasteiger partial charge is 0.326 e. The van der Waals surface area contributed by atoms with Crippen LogP contribution in [0.1, 0.15) is 17.8 Å². The lowest BCUT2D eigenvalue weighted by molar-refractivity contribution is 0.568. The molecule has 0 spiro atoms. The number of aromatic nitrogens is 1. The van der Waals surface area contributed by atoms with Crippen LogP contribution in [0, 0.1) is 0 Å². The van der Waals surface area contributed by atoms with Crippen LogP contribution in [0.5, 0.6) is 0 Å². The van der Waals surface area contributed by atoms with Crippen LogP contribution in [0.15, 0.2) is 39.5 Å². The summed E-state index contributed by atoms with van der Waals surface area (Å²) >= 11 is 7.08. The molecule has 0 aliphatic carbocycles. The van der Waals surface area contributed by atoms with Gasteiger partial charge in [-0.2, -0.15) is 0 Å². The normalized spacial score (nSPS) is 13.4. The highest BCUT2D eigenvalue weighted by Gasteiger charge is 2.19. The highest BCUT2D eigenvalue weighted by molar-refractivity contribution is 7.89. The average Bonchev–Trinajstić information content (AvgIpc) is 2.85. The Balaban J connectivity index is 2.27. The van der Waals surface area contributed by atoms with Gasteiger partial charge in [-0.05, 0) is 24.4 Å². The van der Waals surface area contributed by atoms with Crippen molar-refractivity contribution in [1.29, 1.82) is 0 Å². The molecule has 5 nitrogen and oxygen atoms in total. The van der Waals surface area contributed by atoms with Gasteiger partial charge < -0.3 is 4.98 Å². The van der Waals surface area contributed by atoms with Gasteiger partial charge in [0, 0.05) is 11.1 Å². The number of rotatable bonds is 4. The lowest BCUT2D eigenvalue weighted by Crippen LogP contribution is -2.27. The molecule has 0 saturated carbocycles. The van der Waals surface area contributed by atoms with E-state index in [4.69, 9.17) is 11.6 Å². The topological polar surface area (TPSA) is 79.0 Å². The zero-order valence-electron chi connectivity index (χ0n) is 9.88. The van der Waals surface area contributed by atoms with Crippen LogP contribution >= 0.6 is 22.9 Å². The van der Waals surface area contributed by atoms with Crippen molar-refractivity contribution in [3.63, 3.8) is 0 Å². The molecule has 0 aliphatic rings. The SMILES string of the molecule is CC(NS(=O)(=O)c1c[nH]c(=O)c(Cl)c1)c1cccs1. The number of sulfonamides is 1. The summed E-state index contributed by atoms with van der Waals surface area (Å²) in [5.41, 5.74) is -0.521. The van der Waals surface area contributed by atoms with Crippen molar-refractivity contribution < 1.29 is 8.42 Å². The van der Waals surface area contributed by atoms with Gasteiger partial charge in [0.1, 0.15) is 5.02 Å². The third-order valence-corrected chi connectivity index (χ3v) is 5.30. The van der Waals surface area contributed by atoms with E-state index in [1.807, 2.05) is 17.5 Å². The zero-order valence-corrected chi connectivity index (χ0v) is 12.3. The second-order valence-electron chi connectivity index (χ2n) is 3.87. The first-order chi connectivity index (χ1) is 8.90. The van der Waals surface area contributed by atoms with Crippen LogP contribution < -0.4 is 10.3 Å². The van der Waals surface area contributed by atoms with Crippen LogP contribution in [-0.4, -0.2) is 13.4 Å². The fourth-order valence-electron chi connectivity index (χ4n) is 1.49. The predicted molar refractivity (Wildman–Crippen MR) is 75.1 cm³/mol. The maximum atomic E-state index is 12.1. The lowest BCUT2D eigenvalue weighted by atomic mass is 10.3. The van der Waals surface area contributed by atoms with Gasteiger partial charge in [-0.15, -0.1) is 11.3 Å². The molecule has 1 unspecified atom stereocenters. The molecule has 0 aromatic carbocycles. The summed E-state index contributed by atoms with van der Waals surface area (Å²) in [6.07, 6.45) is 1.12. The summed E-state index contributed by atoms with van der Waals surface area (Å²) in [6.45, 7) is 1.75. The molecule has 8 heteroatoms. The first-order valence-corrected chi connectivity index (χ1v) is 8.08. The molecule has 1 atom stereocenters. The Labute approximate surface area is 119 Å². The highest BCUT2D eigenvalue weighted by Crippen LogP contribution is 2.21. The second-order valence-corrected chi connectivity index (χ2v) is 6.97. The Hall–Kier alpha value is -1.15. The molecule has 0 amide bonds. The molecule has 0 saturated heterocycles. The van der Waals surface area contributed by atoms with E-state index in [2.05, 4.69) is 9.71 Å². The number of hydrogen-bond donors (Lipinski definition) is 2. The van der Waals surface area contributed by atoms with E-state index < -0.39 is 15.6 Å². The van der Waals surface area contributed by atoms with Crippen molar-refractivity contribution in [2.75, 3.05) is 0 Å². The number of hydrogen-bond acceptors (Lipinski definition) is 4. The molecule has 2 rings (SSSR count). The summed E-state index contributed by atoms with van der Waals surface area (Å²) in [4.78, 5) is 14.2. The van der Waals surface area contributed by atoms with Gasteiger partial charge in [-0.1, -0.05) is 17.7 Å². The van der Waals surface area contributed by atoms with Crippen LogP contribution in [0.3, 0.4) is 0 Å². The Kier molecular flexibility index (Phi) is 4.10. The first kappa shape index (κ1) is 14.3. The van der Waals surface area contributed by atoms with Gasteiger partial charge in [-0.3, -0.25) is 4.79 Å². The number of thiophene rings is 1. The van der Waals surface area contributed by atoms with E-state index in [-0.39, 0.29) is 16.0 Å². The van der Waals surface area contributed by atoms with Gasteiger partial charge in [0.2, 0.25) is 10.0 Å². The van der Waals surface area contributed by atoms with Crippen LogP contribution in [0.25, 0.3) is 0 Å². The average molecular weight is 319 g/mol. The molecule has 2 heterocycles. The van der Waals surface area contributed by atoms with Crippen molar-refractivity contribution >= 4 is 33.0 Å². The summed E-state index contributed by atoms with van der Waals surface area (Å²) < 4.78 is 26.8. The third-order valence-electron chi connectivity index (χ3n) is 2.44. The summed E-state index contributed by atoms with van der Waals surface area (Å²) in [7, 11) is -3.72. The fraction of sp³-hybridized carbons (Fsp3) is 0.182. The highest BCUT2D eigenvalue weighted by atomic mass is 35.5. The number of H-pyrrole nitrogens is 1. The van der Waals surface area contributed by atoms with Crippen LogP contribution in [0.4, 0.5) is 0 Å². The minimum atomic E-state index is -3.72. The molecular formula is C11H11ClN2O3S2. The molecule has 2 aromatic rings. The van der Waals surface area contributed by atoms with Crippen molar-refractivity contribution in [2.24, 2.45) is 0 Å². The fourth-order valence-corrected chi connectivity index (χ4v) is 3.75. The smallest absolute Gasteiger partial charge is 0.266 e. The number of aromatic amines is 1. The Morgan fingerprint density at radius 3 is 2.79 bits per heavy atom. The van der Waals surface area contributed by atoms with Crippen LogP contribution in [0.2, 0.25) is 5.02 Å². The van der Waals surface area contributed by atoms with Crippen LogP contribution in [-0.2, 0) is 10.0 Å². The number of pyridine rings is 1. The van der Waals surface area contributed by atoms with E-state index in [9.17, 15) is 13.2 Å². The van der Waals surface area contributed by atoms with E-state index in [0.29, 0.717) is 0 Å². The van der Waals surface area contributed by atoms with Crippen molar-refractivity contribution in [1.82, 2.24) is 9.71 Å². The summed E-state index contributed by atoms with van der Waals surface area (Å²) in [5, 5.41) is 1.71. The molecule has 2 aromatic heterocycles. The standard InChI is InChI=1S/C11H11ClN2O3S2/c1-7(10-3-2-4-18-10)14-19(16,17)8-5-9(12)11(15)13-6-8/h2-7,14H,1H3,(H,13,15). The molecular weight excluding hydrogens is 308 g/mol. The Bertz CT molecular complexity index is 723. The molecule has 2 N–H and O–H groups in total. The Morgan fingerprint density at radius 1 is 1.47 bits per heavy atom. The Morgan fingerprint density at radius 2 is 2.21 bits per heavy atom. The molecule has 0 radical (unpaired) electrons. The quantitative estimate of drug-likeness (QED) is 0.906. The maximum Gasteiger partial charge on any atom is 0.266 e. The van der Waals surface area contributed by atoms with E-state index in [1.165, 1.54) is 11.3 Å². The summed E-state index contributed by atoms with van der Waals surface area (Å²) in [6, 6.07) is 4.47. The van der Waals surface area contributed by atoms with Gasteiger partial charge in [0.15, 0.2) is 0 Å². The number of nitrogens with one attached hydrogen (secondary N) is 2. The maximum absolute atomic E-state index is 12.1. The predicted octanol–water partition coefficient (Wildman–Crippen LogP) is 2.13. The lowest BCUT2D eigenvalue weighted by Gasteiger charge is -2.12. The minimum absolute atomic E-state index is 0.0690. The van der Waals surface area contributed by atoms with E-state index >= 15 is 0 Å². The summed E-state index contributed by atoms with van der Waals surface area (Å²) in [5.74, 6) is 0. The van der Waals surface area contributed by atoms with E-state index in [0.717, 1.165) is 17.1 Å². The monoisotopic (exact) mass is 318 g/mol. The van der Waals surface area contributed by atoms with Crippen molar-refractivity contribution in [3.8, 4) is 0 Å². The van der Waals surface area contributed by atoms with Gasteiger partial charge in [0.05, 0.1) is 10.9 Å². The third kappa shape index (κ3) is 3.24. The van der Waals surface area contributed by atoms with Crippen molar-refractivity contribution in [3.05, 3.63) is 50.0 Å². The molecule has 102 valence electrons. The van der Waals surface area contributed by atoms with E-state index in [1.54, 1.807) is 6.92 Å². The molecule has 0 fully saturated rings. The first-order valence-electron chi connectivity index (χ1n) is 5.34. The zero-order chi connectivity index (χ0) is 14.0. The second kappa shape index (κ2) is 5.46. The van der Waals surface area contributed by atoms with Gasteiger partial charge in [-0.25, -0.2) is 13.1 Å². The van der Waals surface area contributed by atoms with Gasteiger partial charge in [0.25, 0.3) is 5.56 Å². The minimum Gasteiger partial charge on any atom is -0.326 e. The number of halogens is 1. The molecule has 19 heavy (non-hydrogen) atoms. The molecule has 0 aliphatic heterocycles.